The number of nitriles is 1. The Labute approximate surface area is 110 Å². The minimum Gasteiger partial charge on any atom is -0.461 e. The first kappa shape index (κ1) is 12.7. The molecule has 0 heterocycles. The van der Waals surface area contributed by atoms with E-state index < -0.39 is 5.97 Å². The van der Waals surface area contributed by atoms with Crippen molar-refractivity contribution in [3.05, 3.63) is 28.8 Å². The number of nitrogens with two attached hydrogens (primary N) is 1. The van der Waals surface area contributed by atoms with Crippen molar-refractivity contribution in [2.45, 2.75) is 19.3 Å². The van der Waals surface area contributed by atoms with Crippen LogP contribution >= 0.6 is 11.6 Å². The van der Waals surface area contributed by atoms with Gasteiger partial charge in [0.1, 0.15) is 0 Å². The molecule has 1 aromatic rings. The summed E-state index contributed by atoms with van der Waals surface area (Å²) in [6.07, 6.45) is 2.28. The van der Waals surface area contributed by atoms with Crippen molar-refractivity contribution in [2.75, 3.05) is 12.3 Å². The second-order valence-electron chi connectivity index (χ2n) is 4.65. The van der Waals surface area contributed by atoms with E-state index >= 15 is 0 Å². The summed E-state index contributed by atoms with van der Waals surface area (Å²) in [7, 11) is 0. The van der Waals surface area contributed by atoms with Crippen molar-refractivity contribution in [1.82, 2.24) is 0 Å². The highest BCUT2D eigenvalue weighted by Crippen LogP contribution is 2.48. The number of nitrogen functional groups attached to an aromatic ring is 1. The zero-order chi connectivity index (χ0) is 13.2. The van der Waals surface area contributed by atoms with E-state index in [4.69, 9.17) is 27.3 Å². The van der Waals surface area contributed by atoms with Gasteiger partial charge in [-0.25, -0.2) is 4.79 Å². The highest BCUT2D eigenvalue weighted by molar-refractivity contribution is 6.33. The summed E-state index contributed by atoms with van der Waals surface area (Å²) >= 11 is 5.91. The molecule has 1 aliphatic carbocycles. The van der Waals surface area contributed by atoms with Crippen LogP contribution in [0.3, 0.4) is 0 Å². The molecule has 0 amide bonds. The SMILES string of the molecule is N#CCC1(COC(=O)c2cc(N)ccc2Cl)CC1. The fourth-order valence-corrected chi connectivity index (χ4v) is 1.91. The maximum atomic E-state index is 11.9. The average molecular weight is 265 g/mol. The number of carbonyl (C=O) groups excluding carboxylic acids is 1. The molecule has 0 saturated heterocycles. The number of ether oxygens (including phenoxy) is 1. The number of hydrogen-bond acceptors (Lipinski definition) is 4. The second kappa shape index (κ2) is 4.87. The molecule has 0 aliphatic heterocycles. The van der Waals surface area contributed by atoms with E-state index in [1.165, 1.54) is 6.07 Å². The van der Waals surface area contributed by atoms with Gasteiger partial charge in [0.25, 0.3) is 0 Å². The van der Waals surface area contributed by atoms with Crippen LogP contribution in [-0.4, -0.2) is 12.6 Å². The maximum Gasteiger partial charge on any atom is 0.339 e. The zero-order valence-corrected chi connectivity index (χ0v) is 10.5. The molecular weight excluding hydrogens is 252 g/mol. The Hall–Kier alpha value is -1.73. The van der Waals surface area contributed by atoms with Gasteiger partial charge in [-0.2, -0.15) is 5.26 Å². The number of benzene rings is 1. The Morgan fingerprint density at radius 3 is 2.89 bits per heavy atom. The Bertz CT molecular complexity index is 518. The molecule has 0 radical (unpaired) electrons. The molecule has 2 rings (SSSR count). The van der Waals surface area contributed by atoms with Crippen LogP contribution in [0.1, 0.15) is 29.6 Å². The van der Waals surface area contributed by atoms with Crippen LogP contribution in [0.4, 0.5) is 5.69 Å². The van der Waals surface area contributed by atoms with Gasteiger partial charge < -0.3 is 10.5 Å². The summed E-state index contributed by atoms with van der Waals surface area (Å²) in [5.74, 6) is -0.489. The third-order valence-corrected chi connectivity index (χ3v) is 3.46. The summed E-state index contributed by atoms with van der Waals surface area (Å²) in [4.78, 5) is 11.9. The molecule has 94 valence electrons. The number of anilines is 1. The highest BCUT2D eigenvalue weighted by Gasteiger charge is 2.43. The topological polar surface area (TPSA) is 76.1 Å². The van der Waals surface area contributed by atoms with Crippen LogP contribution in [0.15, 0.2) is 18.2 Å². The van der Waals surface area contributed by atoms with E-state index in [-0.39, 0.29) is 17.6 Å². The zero-order valence-electron chi connectivity index (χ0n) is 9.78. The van der Waals surface area contributed by atoms with E-state index in [0.717, 1.165) is 12.8 Å². The van der Waals surface area contributed by atoms with Crippen LogP contribution in [0.2, 0.25) is 5.02 Å². The molecule has 1 aliphatic rings. The summed E-state index contributed by atoms with van der Waals surface area (Å²) in [6.45, 7) is 0.268. The van der Waals surface area contributed by atoms with Crippen molar-refractivity contribution in [3.8, 4) is 6.07 Å². The van der Waals surface area contributed by atoms with E-state index in [1.54, 1.807) is 12.1 Å². The fourth-order valence-electron chi connectivity index (χ4n) is 1.71. The normalized spacial score (nSPS) is 15.8. The molecule has 0 atom stereocenters. The summed E-state index contributed by atoms with van der Waals surface area (Å²) in [6, 6.07) is 6.80. The number of hydrogen-bond donors (Lipinski definition) is 1. The lowest BCUT2D eigenvalue weighted by atomic mass is 10.1. The molecular formula is C13H13ClN2O2. The van der Waals surface area contributed by atoms with Gasteiger partial charge in [0.05, 0.1) is 23.3 Å². The lowest BCUT2D eigenvalue weighted by molar-refractivity contribution is 0.0419. The third-order valence-electron chi connectivity index (χ3n) is 3.13. The van der Waals surface area contributed by atoms with E-state index in [9.17, 15) is 4.79 Å². The number of esters is 1. The summed E-state index contributed by atoms with van der Waals surface area (Å²) < 4.78 is 5.21. The van der Waals surface area contributed by atoms with E-state index in [0.29, 0.717) is 17.1 Å². The quantitative estimate of drug-likeness (QED) is 0.670. The lowest BCUT2D eigenvalue weighted by Crippen LogP contribution is -2.15. The molecule has 2 N–H and O–H groups in total. The number of rotatable bonds is 4. The molecule has 1 fully saturated rings. The molecule has 4 nitrogen and oxygen atoms in total. The number of carbonyl (C=O) groups is 1. The van der Waals surface area contributed by atoms with E-state index in [2.05, 4.69) is 6.07 Å². The van der Waals surface area contributed by atoms with Crippen LogP contribution in [0.25, 0.3) is 0 Å². The Morgan fingerprint density at radius 2 is 2.28 bits per heavy atom. The molecule has 18 heavy (non-hydrogen) atoms. The maximum absolute atomic E-state index is 11.9. The standard InChI is InChI=1S/C13H13ClN2O2/c14-11-2-1-9(16)7-10(11)12(17)18-8-13(3-4-13)5-6-15/h1-2,7H,3-5,8,16H2. The van der Waals surface area contributed by atoms with Crippen LogP contribution in [0.5, 0.6) is 0 Å². The highest BCUT2D eigenvalue weighted by atomic mass is 35.5. The van der Waals surface area contributed by atoms with Gasteiger partial charge in [0.2, 0.25) is 0 Å². The monoisotopic (exact) mass is 264 g/mol. The van der Waals surface area contributed by atoms with Crippen molar-refractivity contribution >= 4 is 23.3 Å². The molecule has 0 aromatic heterocycles. The Morgan fingerprint density at radius 1 is 1.56 bits per heavy atom. The molecule has 1 aromatic carbocycles. The van der Waals surface area contributed by atoms with Crippen LogP contribution < -0.4 is 5.73 Å². The van der Waals surface area contributed by atoms with Crippen LogP contribution in [-0.2, 0) is 4.74 Å². The Kier molecular flexibility index (Phi) is 3.44. The number of nitrogens with zero attached hydrogens (tertiary/aromatic N) is 1. The minimum atomic E-state index is -0.489. The van der Waals surface area contributed by atoms with Crippen molar-refractivity contribution < 1.29 is 9.53 Å². The van der Waals surface area contributed by atoms with Gasteiger partial charge in [0, 0.05) is 17.5 Å². The fraction of sp³-hybridized carbons (Fsp3) is 0.385. The van der Waals surface area contributed by atoms with Crippen molar-refractivity contribution in [3.63, 3.8) is 0 Å². The van der Waals surface area contributed by atoms with Gasteiger partial charge >= 0.3 is 5.97 Å². The van der Waals surface area contributed by atoms with Gasteiger partial charge in [-0.05, 0) is 31.0 Å². The lowest BCUT2D eigenvalue weighted by Gasteiger charge is -2.12. The average Bonchev–Trinajstić information content (AvgIpc) is 3.10. The first-order valence-corrected chi connectivity index (χ1v) is 6.03. The first-order valence-electron chi connectivity index (χ1n) is 5.65. The van der Waals surface area contributed by atoms with E-state index in [1.807, 2.05) is 0 Å². The molecule has 0 unspecified atom stereocenters. The molecule has 5 heteroatoms. The Balaban J connectivity index is 2.00. The van der Waals surface area contributed by atoms with Gasteiger partial charge in [0.15, 0.2) is 0 Å². The van der Waals surface area contributed by atoms with Gasteiger partial charge in [-0.1, -0.05) is 11.6 Å². The molecule has 0 spiro atoms. The van der Waals surface area contributed by atoms with Gasteiger partial charge in [-0.15, -0.1) is 0 Å². The predicted molar refractivity (Wildman–Crippen MR) is 68.0 cm³/mol. The second-order valence-corrected chi connectivity index (χ2v) is 5.06. The largest absolute Gasteiger partial charge is 0.461 e. The van der Waals surface area contributed by atoms with Gasteiger partial charge in [-0.3, -0.25) is 0 Å². The van der Waals surface area contributed by atoms with Crippen LogP contribution in [0, 0.1) is 16.7 Å². The van der Waals surface area contributed by atoms with Crippen molar-refractivity contribution in [1.29, 1.82) is 5.26 Å². The minimum absolute atomic E-state index is 0.128. The van der Waals surface area contributed by atoms with Crippen molar-refractivity contribution in [2.24, 2.45) is 5.41 Å². The first-order chi connectivity index (χ1) is 8.56. The summed E-state index contributed by atoms with van der Waals surface area (Å²) in [5.41, 5.74) is 6.20. The smallest absolute Gasteiger partial charge is 0.339 e. The molecule has 1 saturated carbocycles. The molecule has 0 bridgehead atoms. The predicted octanol–water partition coefficient (Wildman–Crippen LogP) is 2.77. The third kappa shape index (κ3) is 2.74. The summed E-state index contributed by atoms with van der Waals surface area (Å²) in [5, 5.41) is 9.00. The number of halogens is 1.